The molecule has 0 amide bonds. The largest absolute Gasteiger partial charge is 0.346 e. The van der Waals surface area contributed by atoms with Gasteiger partial charge in [-0.3, -0.25) is 0 Å². The normalized spacial score (nSPS) is 33.2. The molecule has 0 bridgehead atoms. The van der Waals surface area contributed by atoms with E-state index in [0.717, 1.165) is 32.7 Å². The average molecular weight is 194 g/mol. The summed E-state index contributed by atoms with van der Waals surface area (Å²) in [4.78, 5) is 0. The number of hydrogen-bond donors (Lipinski definition) is 1. The third kappa shape index (κ3) is 1.59. The number of ether oxygens (including phenoxy) is 2. The van der Waals surface area contributed by atoms with Gasteiger partial charge < -0.3 is 14.8 Å². The Kier molecular flexibility index (Phi) is 3.35. The molecule has 1 N–H and O–H groups in total. The first kappa shape index (κ1) is 10.3. The summed E-state index contributed by atoms with van der Waals surface area (Å²) >= 11 is 0. The molecule has 2 aliphatic heterocycles. The number of piperidine rings is 1. The number of halogens is 1. The topological polar surface area (TPSA) is 30.5 Å². The molecule has 0 aromatic heterocycles. The third-order valence-electron chi connectivity index (χ3n) is 2.65. The lowest BCUT2D eigenvalue weighted by Crippen LogP contribution is -2.52. The van der Waals surface area contributed by atoms with Gasteiger partial charge in [-0.2, -0.15) is 0 Å². The zero-order chi connectivity index (χ0) is 7.73. The molecule has 0 unspecified atom stereocenters. The van der Waals surface area contributed by atoms with E-state index in [1.165, 1.54) is 0 Å². The molecule has 1 spiro atoms. The minimum absolute atomic E-state index is 0. The second kappa shape index (κ2) is 3.92. The summed E-state index contributed by atoms with van der Waals surface area (Å²) in [6.45, 7) is 5.66. The van der Waals surface area contributed by atoms with Gasteiger partial charge in [0.2, 0.25) is 0 Å². The average Bonchev–Trinajstić information content (AvgIpc) is 2.46. The molecule has 72 valence electrons. The molecule has 0 saturated carbocycles. The molecule has 0 aliphatic carbocycles. The van der Waals surface area contributed by atoms with Crippen LogP contribution in [-0.4, -0.2) is 32.1 Å². The number of hydrogen-bond acceptors (Lipinski definition) is 3. The maximum atomic E-state index is 5.61. The van der Waals surface area contributed by atoms with Gasteiger partial charge in [-0.15, -0.1) is 12.4 Å². The summed E-state index contributed by atoms with van der Waals surface area (Å²) in [6.07, 6.45) is 1.15. The van der Waals surface area contributed by atoms with Crippen LogP contribution in [0.4, 0.5) is 0 Å². The van der Waals surface area contributed by atoms with Crippen LogP contribution in [0.1, 0.15) is 13.3 Å². The lowest BCUT2D eigenvalue weighted by Gasteiger charge is -2.37. The highest BCUT2D eigenvalue weighted by Crippen LogP contribution is 2.31. The van der Waals surface area contributed by atoms with Crippen molar-refractivity contribution in [2.45, 2.75) is 19.1 Å². The van der Waals surface area contributed by atoms with Crippen LogP contribution in [0.3, 0.4) is 0 Å². The third-order valence-corrected chi connectivity index (χ3v) is 2.65. The van der Waals surface area contributed by atoms with Crippen LogP contribution in [-0.2, 0) is 9.47 Å². The lowest BCUT2D eigenvalue weighted by molar-refractivity contribution is -0.197. The molecule has 12 heavy (non-hydrogen) atoms. The van der Waals surface area contributed by atoms with Crippen LogP contribution in [0.5, 0.6) is 0 Å². The molecule has 1 atom stereocenters. The summed E-state index contributed by atoms with van der Waals surface area (Å²) in [6, 6.07) is 0. The Morgan fingerprint density at radius 3 is 2.58 bits per heavy atom. The zero-order valence-corrected chi connectivity index (χ0v) is 8.15. The van der Waals surface area contributed by atoms with Crippen molar-refractivity contribution in [3.8, 4) is 0 Å². The highest BCUT2D eigenvalue weighted by atomic mass is 35.5. The summed E-state index contributed by atoms with van der Waals surface area (Å²) in [7, 11) is 0. The van der Waals surface area contributed by atoms with Gasteiger partial charge in [0.25, 0.3) is 0 Å². The van der Waals surface area contributed by atoms with Crippen LogP contribution >= 0.6 is 12.4 Å². The predicted molar refractivity (Wildman–Crippen MR) is 48.5 cm³/mol. The Bertz CT molecular complexity index is 148. The summed E-state index contributed by atoms with van der Waals surface area (Å²) < 4.78 is 11.2. The van der Waals surface area contributed by atoms with Crippen LogP contribution in [0.15, 0.2) is 0 Å². The van der Waals surface area contributed by atoms with Crippen molar-refractivity contribution >= 4 is 12.4 Å². The first-order chi connectivity index (χ1) is 5.33. The van der Waals surface area contributed by atoms with Crippen molar-refractivity contribution in [3.05, 3.63) is 0 Å². The monoisotopic (exact) mass is 193 g/mol. The Balaban J connectivity index is 0.000000720. The summed E-state index contributed by atoms with van der Waals surface area (Å²) in [5.74, 6) is 0.254. The Labute approximate surface area is 79.2 Å². The molecule has 4 heteroatoms. The number of nitrogens with one attached hydrogen (secondary N) is 1. The van der Waals surface area contributed by atoms with Gasteiger partial charge in [0.05, 0.1) is 19.8 Å². The van der Waals surface area contributed by atoms with Gasteiger partial charge in [0.1, 0.15) is 0 Å². The van der Waals surface area contributed by atoms with Gasteiger partial charge >= 0.3 is 0 Å². The smallest absolute Gasteiger partial charge is 0.183 e. The molecule has 2 rings (SSSR count). The molecule has 2 heterocycles. The van der Waals surface area contributed by atoms with Crippen molar-refractivity contribution < 1.29 is 9.47 Å². The van der Waals surface area contributed by atoms with E-state index >= 15 is 0 Å². The fourth-order valence-electron chi connectivity index (χ4n) is 1.83. The summed E-state index contributed by atoms with van der Waals surface area (Å²) in [5, 5.41) is 3.30. The zero-order valence-electron chi connectivity index (χ0n) is 7.34. The van der Waals surface area contributed by atoms with E-state index in [2.05, 4.69) is 12.2 Å². The van der Waals surface area contributed by atoms with E-state index in [9.17, 15) is 0 Å². The van der Waals surface area contributed by atoms with E-state index in [0.29, 0.717) is 5.92 Å². The van der Waals surface area contributed by atoms with E-state index in [1.54, 1.807) is 0 Å². The van der Waals surface area contributed by atoms with Gasteiger partial charge in [-0.05, 0) is 13.0 Å². The number of rotatable bonds is 0. The molecule has 0 radical (unpaired) electrons. The quantitative estimate of drug-likeness (QED) is 0.617. The van der Waals surface area contributed by atoms with E-state index in [1.807, 2.05) is 0 Å². The second-order valence-electron chi connectivity index (χ2n) is 3.38. The van der Waals surface area contributed by atoms with Crippen molar-refractivity contribution in [1.29, 1.82) is 0 Å². The fraction of sp³-hybridized carbons (Fsp3) is 1.00. The van der Waals surface area contributed by atoms with Crippen LogP contribution in [0.2, 0.25) is 0 Å². The van der Waals surface area contributed by atoms with E-state index in [4.69, 9.17) is 9.47 Å². The van der Waals surface area contributed by atoms with E-state index in [-0.39, 0.29) is 18.2 Å². The van der Waals surface area contributed by atoms with Crippen molar-refractivity contribution in [2.75, 3.05) is 26.3 Å². The van der Waals surface area contributed by atoms with Crippen LogP contribution in [0.25, 0.3) is 0 Å². The van der Waals surface area contributed by atoms with Crippen molar-refractivity contribution in [2.24, 2.45) is 5.92 Å². The van der Waals surface area contributed by atoms with Gasteiger partial charge in [-0.1, -0.05) is 6.92 Å². The SMILES string of the molecule is C[C@H]1CCNCC12OCCO2.Cl. The highest BCUT2D eigenvalue weighted by Gasteiger charge is 2.43. The Morgan fingerprint density at radius 2 is 2.00 bits per heavy atom. The van der Waals surface area contributed by atoms with Crippen molar-refractivity contribution in [3.63, 3.8) is 0 Å². The fourth-order valence-corrected chi connectivity index (χ4v) is 1.83. The molecule has 0 aromatic rings. The molecule has 2 aliphatic rings. The second-order valence-corrected chi connectivity index (χ2v) is 3.38. The summed E-state index contributed by atoms with van der Waals surface area (Å²) in [5.41, 5.74) is 0. The van der Waals surface area contributed by atoms with Crippen LogP contribution < -0.4 is 5.32 Å². The predicted octanol–water partition coefficient (Wildman–Crippen LogP) is 0.781. The first-order valence-electron chi connectivity index (χ1n) is 4.32. The highest BCUT2D eigenvalue weighted by molar-refractivity contribution is 5.85. The minimum Gasteiger partial charge on any atom is -0.346 e. The first-order valence-corrected chi connectivity index (χ1v) is 4.32. The van der Waals surface area contributed by atoms with Gasteiger partial charge in [0.15, 0.2) is 5.79 Å². The van der Waals surface area contributed by atoms with Crippen LogP contribution in [0, 0.1) is 5.92 Å². The Hall–Kier alpha value is 0.170. The Morgan fingerprint density at radius 1 is 1.33 bits per heavy atom. The molecular formula is C8H16ClNO2. The maximum Gasteiger partial charge on any atom is 0.183 e. The molecular weight excluding hydrogens is 178 g/mol. The molecule has 2 fully saturated rings. The minimum atomic E-state index is -0.280. The standard InChI is InChI=1S/C8H15NO2.ClH/c1-7-2-3-9-6-8(7)10-4-5-11-8;/h7,9H,2-6H2,1H3;1H/t7-;/m0./s1. The van der Waals surface area contributed by atoms with Crippen molar-refractivity contribution in [1.82, 2.24) is 5.32 Å². The van der Waals surface area contributed by atoms with E-state index < -0.39 is 0 Å². The van der Waals surface area contributed by atoms with Gasteiger partial charge in [0, 0.05) is 5.92 Å². The molecule has 0 aromatic carbocycles. The molecule has 2 saturated heterocycles. The van der Waals surface area contributed by atoms with Gasteiger partial charge in [-0.25, -0.2) is 0 Å². The lowest BCUT2D eigenvalue weighted by atomic mass is 9.93. The molecule has 3 nitrogen and oxygen atoms in total. The maximum absolute atomic E-state index is 5.61.